The molecule has 0 aliphatic heterocycles. The summed E-state index contributed by atoms with van der Waals surface area (Å²) in [5.74, 6) is -0.933. The summed E-state index contributed by atoms with van der Waals surface area (Å²) >= 11 is 1.24. The van der Waals surface area contributed by atoms with Crippen LogP contribution in [0.1, 0.15) is 38.1 Å². The maximum Gasteiger partial charge on any atom is 0.280 e. The van der Waals surface area contributed by atoms with Crippen LogP contribution in [0.15, 0.2) is 11.4 Å². The number of carbonyl (C=O) groups excluding carboxylic acids is 3. The molecule has 0 bridgehead atoms. The lowest BCUT2D eigenvalue weighted by Crippen LogP contribution is -3.14. The number of hydrogen-bond donors (Lipinski definition) is 4. The van der Waals surface area contributed by atoms with Crippen molar-refractivity contribution in [1.29, 1.82) is 0 Å². The molecule has 1 rings (SSSR count). The van der Waals surface area contributed by atoms with Crippen LogP contribution in [0, 0.1) is 0 Å². The van der Waals surface area contributed by atoms with Crippen LogP contribution in [0.3, 0.4) is 0 Å². The molecule has 1 aromatic heterocycles. The molecule has 3 amide bonds. The maximum atomic E-state index is 12.1. The predicted octanol–water partition coefficient (Wildman–Crippen LogP) is -0.395. The van der Waals surface area contributed by atoms with Gasteiger partial charge in [-0.2, -0.15) is 0 Å². The summed E-state index contributed by atoms with van der Waals surface area (Å²) in [6, 6.07) is 1.57. The molecular weight excluding hydrogens is 316 g/mol. The summed E-state index contributed by atoms with van der Waals surface area (Å²) in [5.41, 5.74) is 5.24. The Bertz CT molecular complexity index is 578. The summed E-state index contributed by atoms with van der Waals surface area (Å²) in [7, 11) is 0. The average molecular weight is 341 g/mol. The van der Waals surface area contributed by atoms with Gasteiger partial charge >= 0.3 is 0 Å². The van der Waals surface area contributed by atoms with E-state index in [4.69, 9.17) is 5.73 Å². The molecule has 1 unspecified atom stereocenters. The quantitative estimate of drug-likeness (QED) is 0.542. The smallest absolute Gasteiger partial charge is 0.280 e. The fourth-order valence-electron chi connectivity index (χ4n) is 2.00. The molecule has 5 N–H and O–H groups in total. The first-order valence-corrected chi connectivity index (χ1v) is 8.32. The molecule has 0 aliphatic rings. The highest BCUT2D eigenvalue weighted by molar-refractivity contribution is 7.14. The molecular formula is C15H25N4O3S+. The minimum absolute atomic E-state index is 0.101. The first kappa shape index (κ1) is 19.1. The number of anilines is 1. The number of carbonyl (C=O) groups is 3. The lowest BCUT2D eigenvalue weighted by atomic mass is 10.1. The van der Waals surface area contributed by atoms with E-state index in [9.17, 15) is 14.4 Å². The van der Waals surface area contributed by atoms with Gasteiger partial charge in [0.05, 0.1) is 12.1 Å². The SMILES string of the molecule is CC[NH+](CC(=O)Nc1sccc1C(N)=O)CC(=O)NC(C)(C)C. The number of hydrogen-bond acceptors (Lipinski definition) is 4. The van der Waals surface area contributed by atoms with E-state index in [1.165, 1.54) is 11.3 Å². The van der Waals surface area contributed by atoms with Crippen LogP contribution < -0.4 is 21.3 Å². The fraction of sp³-hybridized carbons (Fsp3) is 0.533. The summed E-state index contributed by atoms with van der Waals surface area (Å²) in [6.07, 6.45) is 0. The third kappa shape index (κ3) is 6.79. The van der Waals surface area contributed by atoms with Crippen LogP contribution in [0.4, 0.5) is 5.00 Å². The number of thiophene rings is 1. The van der Waals surface area contributed by atoms with E-state index in [0.717, 1.165) is 4.90 Å². The maximum absolute atomic E-state index is 12.1. The molecule has 0 aliphatic carbocycles. The second-order valence-corrected chi connectivity index (χ2v) is 7.25. The van der Waals surface area contributed by atoms with Gasteiger partial charge in [-0.15, -0.1) is 11.3 Å². The molecule has 0 saturated heterocycles. The average Bonchev–Trinajstić information content (AvgIpc) is 2.83. The largest absolute Gasteiger partial charge is 0.366 e. The minimum atomic E-state index is -0.578. The number of primary amides is 1. The number of rotatable bonds is 7. The Balaban J connectivity index is 2.58. The molecule has 23 heavy (non-hydrogen) atoms. The Morgan fingerprint density at radius 3 is 2.35 bits per heavy atom. The van der Waals surface area contributed by atoms with E-state index in [0.29, 0.717) is 17.1 Å². The molecule has 128 valence electrons. The van der Waals surface area contributed by atoms with Gasteiger partial charge in [0, 0.05) is 5.54 Å². The van der Waals surface area contributed by atoms with Crippen LogP contribution in [0.2, 0.25) is 0 Å². The van der Waals surface area contributed by atoms with Crippen molar-refractivity contribution in [2.75, 3.05) is 25.0 Å². The molecule has 0 saturated carbocycles. The number of nitrogens with one attached hydrogen (secondary N) is 3. The van der Waals surface area contributed by atoms with Gasteiger partial charge in [0.2, 0.25) is 0 Å². The Morgan fingerprint density at radius 2 is 1.83 bits per heavy atom. The monoisotopic (exact) mass is 341 g/mol. The highest BCUT2D eigenvalue weighted by Crippen LogP contribution is 2.22. The van der Waals surface area contributed by atoms with Gasteiger partial charge < -0.3 is 21.3 Å². The summed E-state index contributed by atoms with van der Waals surface area (Å²) in [4.78, 5) is 36.1. The van der Waals surface area contributed by atoms with Crippen molar-refractivity contribution in [2.45, 2.75) is 33.2 Å². The molecule has 1 aromatic rings. The summed E-state index contributed by atoms with van der Waals surface area (Å²) in [6.45, 7) is 8.63. The van der Waals surface area contributed by atoms with Gasteiger partial charge in [0.25, 0.3) is 17.7 Å². The zero-order valence-electron chi connectivity index (χ0n) is 14.0. The van der Waals surface area contributed by atoms with Gasteiger partial charge in [-0.3, -0.25) is 14.4 Å². The number of amides is 3. The van der Waals surface area contributed by atoms with E-state index >= 15 is 0 Å². The second-order valence-electron chi connectivity index (χ2n) is 6.33. The van der Waals surface area contributed by atoms with E-state index in [2.05, 4.69) is 10.6 Å². The number of likely N-dealkylation sites (N-methyl/N-ethyl adjacent to an activating group) is 1. The van der Waals surface area contributed by atoms with Crippen LogP contribution in [0.25, 0.3) is 0 Å². The topological polar surface area (TPSA) is 106 Å². The molecule has 0 fully saturated rings. The molecule has 0 spiro atoms. The number of quaternary nitrogens is 1. The second kappa shape index (κ2) is 8.07. The fourth-order valence-corrected chi connectivity index (χ4v) is 2.81. The van der Waals surface area contributed by atoms with Crippen molar-refractivity contribution in [1.82, 2.24) is 5.32 Å². The molecule has 1 heterocycles. The van der Waals surface area contributed by atoms with Crippen LogP contribution in [0.5, 0.6) is 0 Å². The normalized spacial score (nSPS) is 12.5. The van der Waals surface area contributed by atoms with Gasteiger partial charge in [0.1, 0.15) is 5.00 Å². The van der Waals surface area contributed by atoms with Gasteiger partial charge in [-0.1, -0.05) is 0 Å². The first-order chi connectivity index (χ1) is 10.6. The van der Waals surface area contributed by atoms with Crippen LogP contribution in [-0.2, 0) is 9.59 Å². The third-order valence-electron chi connectivity index (χ3n) is 3.02. The Kier molecular flexibility index (Phi) is 6.71. The third-order valence-corrected chi connectivity index (χ3v) is 3.85. The van der Waals surface area contributed by atoms with E-state index < -0.39 is 5.91 Å². The van der Waals surface area contributed by atoms with Gasteiger partial charge in [0.15, 0.2) is 13.1 Å². The molecule has 1 atom stereocenters. The van der Waals surface area contributed by atoms with E-state index in [1.54, 1.807) is 11.4 Å². The number of nitrogens with two attached hydrogens (primary N) is 1. The zero-order valence-corrected chi connectivity index (χ0v) is 14.8. The molecule has 8 heteroatoms. The van der Waals surface area contributed by atoms with E-state index in [1.807, 2.05) is 27.7 Å². The van der Waals surface area contributed by atoms with E-state index in [-0.39, 0.29) is 30.4 Å². The van der Waals surface area contributed by atoms with Gasteiger partial charge in [-0.25, -0.2) is 0 Å². The standard InChI is InChI=1S/C15H24N4O3S/c1-5-19(9-12(21)18-15(2,3)4)8-11(20)17-14-10(13(16)22)6-7-23-14/h6-7H,5,8-9H2,1-4H3,(H2,16,22)(H,17,20)(H,18,21)/p+1. The highest BCUT2D eigenvalue weighted by atomic mass is 32.1. The van der Waals surface area contributed by atoms with Crippen molar-refractivity contribution in [3.05, 3.63) is 17.0 Å². The van der Waals surface area contributed by atoms with Crippen molar-refractivity contribution in [3.8, 4) is 0 Å². The Labute approximate surface area is 140 Å². The molecule has 7 nitrogen and oxygen atoms in total. The molecule has 0 aromatic carbocycles. The highest BCUT2D eigenvalue weighted by Gasteiger charge is 2.21. The van der Waals surface area contributed by atoms with Crippen molar-refractivity contribution in [2.24, 2.45) is 5.73 Å². The van der Waals surface area contributed by atoms with Crippen molar-refractivity contribution < 1.29 is 19.3 Å². The Morgan fingerprint density at radius 1 is 1.22 bits per heavy atom. The Hall–Kier alpha value is -1.93. The van der Waals surface area contributed by atoms with Crippen molar-refractivity contribution >= 4 is 34.1 Å². The molecule has 0 radical (unpaired) electrons. The lowest BCUT2D eigenvalue weighted by Gasteiger charge is -2.22. The van der Waals surface area contributed by atoms with Crippen LogP contribution in [-0.4, -0.2) is 42.9 Å². The minimum Gasteiger partial charge on any atom is -0.366 e. The zero-order chi connectivity index (χ0) is 17.6. The van der Waals surface area contributed by atoms with Crippen LogP contribution >= 0.6 is 11.3 Å². The first-order valence-electron chi connectivity index (χ1n) is 7.44. The lowest BCUT2D eigenvalue weighted by molar-refractivity contribution is -0.881. The van der Waals surface area contributed by atoms with Gasteiger partial charge in [-0.05, 0) is 39.1 Å². The predicted molar refractivity (Wildman–Crippen MR) is 90.6 cm³/mol. The summed E-state index contributed by atoms with van der Waals surface area (Å²) < 4.78 is 0. The summed E-state index contributed by atoms with van der Waals surface area (Å²) in [5, 5.41) is 7.69. The van der Waals surface area contributed by atoms with Crippen molar-refractivity contribution in [3.63, 3.8) is 0 Å².